The van der Waals surface area contributed by atoms with E-state index < -0.39 is 5.97 Å². The van der Waals surface area contributed by atoms with Crippen molar-refractivity contribution in [2.24, 2.45) is 0 Å². The number of carbonyl (C=O) groups is 1. The molecule has 0 amide bonds. The molecule has 1 N–H and O–H groups in total. The molecular formula is C15H12ClFO2S. The number of thioether (sulfide) groups is 1. The first-order valence-corrected chi connectivity index (χ1v) is 7.24. The summed E-state index contributed by atoms with van der Waals surface area (Å²) in [4.78, 5) is 11.8. The molecule has 0 unspecified atom stereocenters. The fraction of sp³-hybridized carbons (Fsp3) is 0.133. The molecule has 0 aliphatic rings. The molecule has 2 nitrogen and oxygen atoms in total. The Balaban J connectivity index is 2.17. The Morgan fingerprint density at radius 3 is 2.75 bits per heavy atom. The lowest BCUT2D eigenvalue weighted by molar-refractivity contribution is 0.0696. The minimum atomic E-state index is -0.959. The number of hydrogen-bond donors (Lipinski definition) is 1. The second-order valence-electron chi connectivity index (χ2n) is 4.31. The number of hydrogen-bond acceptors (Lipinski definition) is 2. The Kier molecular flexibility index (Phi) is 4.68. The maximum Gasteiger partial charge on any atom is 0.335 e. The van der Waals surface area contributed by atoms with Crippen LogP contribution >= 0.6 is 23.4 Å². The van der Waals surface area contributed by atoms with E-state index in [9.17, 15) is 9.18 Å². The zero-order chi connectivity index (χ0) is 14.7. The van der Waals surface area contributed by atoms with Gasteiger partial charge in [0.2, 0.25) is 0 Å². The van der Waals surface area contributed by atoms with Crippen LogP contribution in [-0.4, -0.2) is 11.1 Å². The molecule has 0 aliphatic heterocycles. The third-order valence-corrected chi connectivity index (χ3v) is 4.12. The van der Waals surface area contributed by atoms with E-state index >= 15 is 0 Å². The van der Waals surface area contributed by atoms with Crippen LogP contribution in [0.15, 0.2) is 41.3 Å². The summed E-state index contributed by atoms with van der Waals surface area (Å²) in [7, 11) is 0. The molecule has 0 aliphatic carbocycles. The van der Waals surface area contributed by atoms with Gasteiger partial charge in [-0.1, -0.05) is 17.7 Å². The summed E-state index contributed by atoms with van der Waals surface area (Å²) >= 11 is 7.21. The Morgan fingerprint density at radius 1 is 1.30 bits per heavy atom. The predicted molar refractivity (Wildman–Crippen MR) is 79.1 cm³/mol. The maximum absolute atomic E-state index is 13.6. The standard InChI is InChI=1S/C15H12ClFO2S/c1-9-2-4-12(7-13(9)15(18)19)20-8-10-6-11(16)3-5-14(10)17/h2-7H,8H2,1H3,(H,18,19). The average Bonchev–Trinajstić information content (AvgIpc) is 2.41. The van der Waals surface area contributed by atoms with Gasteiger partial charge in [-0.3, -0.25) is 0 Å². The number of benzene rings is 2. The van der Waals surface area contributed by atoms with Crippen molar-refractivity contribution in [1.82, 2.24) is 0 Å². The summed E-state index contributed by atoms with van der Waals surface area (Å²) in [5.41, 5.74) is 1.47. The number of rotatable bonds is 4. The smallest absolute Gasteiger partial charge is 0.335 e. The highest BCUT2D eigenvalue weighted by Crippen LogP contribution is 2.27. The zero-order valence-corrected chi connectivity index (χ0v) is 12.3. The van der Waals surface area contributed by atoms with Crippen LogP contribution in [-0.2, 0) is 5.75 Å². The largest absolute Gasteiger partial charge is 0.478 e. The quantitative estimate of drug-likeness (QED) is 0.826. The van der Waals surface area contributed by atoms with Crippen LogP contribution in [0.3, 0.4) is 0 Å². The van der Waals surface area contributed by atoms with Crippen LogP contribution < -0.4 is 0 Å². The average molecular weight is 311 g/mol. The van der Waals surface area contributed by atoms with E-state index in [4.69, 9.17) is 16.7 Å². The van der Waals surface area contributed by atoms with Crippen LogP contribution in [0.4, 0.5) is 4.39 Å². The molecule has 0 bridgehead atoms. The van der Waals surface area contributed by atoms with E-state index in [0.717, 1.165) is 4.90 Å². The van der Waals surface area contributed by atoms with Crippen molar-refractivity contribution >= 4 is 29.3 Å². The van der Waals surface area contributed by atoms with Gasteiger partial charge in [-0.15, -0.1) is 11.8 Å². The first-order valence-electron chi connectivity index (χ1n) is 5.88. The highest BCUT2D eigenvalue weighted by atomic mass is 35.5. The monoisotopic (exact) mass is 310 g/mol. The van der Waals surface area contributed by atoms with Crippen LogP contribution in [0, 0.1) is 12.7 Å². The van der Waals surface area contributed by atoms with E-state index in [1.165, 1.54) is 23.9 Å². The lowest BCUT2D eigenvalue weighted by atomic mass is 10.1. The molecule has 0 saturated carbocycles. The highest BCUT2D eigenvalue weighted by Gasteiger charge is 2.09. The van der Waals surface area contributed by atoms with Crippen molar-refractivity contribution in [1.29, 1.82) is 0 Å². The summed E-state index contributed by atoms with van der Waals surface area (Å²) in [5.74, 6) is -0.875. The molecular weight excluding hydrogens is 299 g/mol. The van der Waals surface area contributed by atoms with Gasteiger partial charge in [-0.2, -0.15) is 0 Å². The Labute approximate surface area is 125 Å². The molecule has 2 rings (SSSR count). The molecule has 2 aromatic rings. The van der Waals surface area contributed by atoms with Crippen molar-refractivity contribution in [3.05, 3.63) is 63.9 Å². The second kappa shape index (κ2) is 6.29. The molecule has 0 radical (unpaired) electrons. The zero-order valence-electron chi connectivity index (χ0n) is 10.7. The summed E-state index contributed by atoms with van der Waals surface area (Å²) < 4.78 is 13.6. The molecule has 104 valence electrons. The van der Waals surface area contributed by atoms with Crippen molar-refractivity contribution in [2.45, 2.75) is 17.6 Å². The van der Waals surface area contributed by atoms with Crippen LogP contribution in [0.2, 0.25) is 5.02 Å². The van der Waals surface area contributed by atoms with E-state index in [1.807, 2.05) is 6.07 Å². The van der Waals surface area contributed by atoms with Gasteiger partial charge in [-0.25, -0.2) is 9.18 Å². The van der Waals surface area contributed by atoms with Crippen LogP contribution in [0.1, 0.15) is 21.5 Å². The molecule has 0 heterocycles. The molecule has 20 heavy (non-hydrogen) atoms. The highest BCUT2D eigenvalue weighted by molar-refractivity contribution is 7.98. The number of aromatic carboxylic acids is 1. The first kappa shape index (κ1) is 14.9. The topological polar surface area (TPSA) is 37.3 Å². The molecule has 0 saturated heterocycles. The van der Waals surface area contributed by atoms with Gasteiger partial charge in [0.1, 0.15) is 5.82 Å². The summed E-state index contributed by atoms with van der Waals surface area (Å²) in [6.45, 7) is 1.74. The number of aryl methyl sites for hydroxylation is 1. The lowest BCUT2D eigenvalue weighted by Gasteiger charge is -2.07. The van der Waals surface area contributed by atoms with E-state index in [1.54, 1.807) is 25.1 Å². The maximum atomic E-state index is 13.6. The lowest BCUT2D eigenvalue weighted by Crippen LogP contribution is -1.99. The third-order valence-electron chi connectivity index (χ3n) is 2.84. The third kappa shape index (κ3) is 3.52. The van der Waals surface area contributed by atoms with Gasteiger partial charge in [0.15, 0.2) is 0 Å². The Morgan fingerprint density at radius 2 is 2.05 bits per heavy atom. The number of carboxylic acids is 1. The van der Waals surface area contributed by atoms with Gasteiger partial charge >= 0.3 is 5.97 Å². The number of carboxylic acid groups (broad SMARTS) is 1. The molecule has 0 atom stereocenters. The van der Waals surface area contributed by atoms with E-state index in [2.05, 4.69) is 0 Å². The van der Waals surface area contributed by atoms with Gasteiger partial charge in [0, 0.05) is 15.7 Å². The van der Waals surface area contributed by atoms with Gasteiger partial charge in [0.25, 0.3) is 0 Å². The number of halogens is 2. The second-order valence-corrected chi connectivity index (χ2v) is 5.79. The predicted octanol–water partition coefficient (Wildman–Crippen LogP) is 4.78. The summed E-state index contributed by atoms with van der Waals surface area (Å²) in [6.07, 6.45) is 0. The Hall–Kier alpha value is -1.52. The molecule has 0 aromatic heterocycles. The van der Waals surface area contributed by atoms with E-state index in [-0.39, 0.29) is 11.4 Å². The minimum absolute atomic E-state index is 0.265. The summed E-state index contributed by atoms with van der Waals surface area (Å²) in [5, 5.41) is 9.55. The van der Waals surface area contributed by atoms with Crippen molar-refractivity contribution in [3.63, 3.8) is 0 Å². The molecule has 5 heteroatoms. The fourth-order valence-electron chi connectivity index (χ4n) is 1.74. The van der Waals surface area contributed by atoms with E-state index in [0.29, 0.717) is 21.9 Å². The molecule has 0 fully saturated rings. The van der Waals surface area contributed by atoms with Gasteiger partial charge < -0.3 is 5.11 Å². The minimum Gasteiger partial charge on any atom is -0.478 e. The normalized spacial score (nSPS) is 10.6. The molecule has 0 spiro atoms. The van der Waals surface area contributed by atoms with Gasteiger partial charge in [-0.05, 0) is 48.4 Å². The van der Waals surface area contributed by atoms with Crippen molar-refractivity contribution < 1.29 is 14.3 Å². The molecule has 2 aromatic carbocycles. The SMILES string of the molecule is Cc1ccc(SCc2cc(Cl)ccc2F)cc1C(=O)O. The fourth-order valence-corrected chi connectivity index (χ4v) is 2.84. The van der Waals surface area contributed by atoms with Crippen LogP contribution in [0.5, 0.6) is 0 Å². The Bertz CT molecular complexity index is 658. The summed E-state index contributed by atoms with van der Waals surface area (Å²) in [6, 6.07) is 9.59. The van der Waals surface area contributed by atoms with Gasteiger partial charge in [0.05, 0.1) is 5.56 Å². The van der Waals surface area contributed by atoms with Crippen LogP contribution in [0.25, 0.3) is 0 Å². The van der Waals surface area contributed by atoms with Crippen molar-refractivity contribution in [3.8, 4) is 0 Å². The van der Waals surface area contributed by atoms with Crippen molar-refractivity contribution in [2.75, 3.05) is 0 Å². The first-order chi connectivity index (χ1) is 9.47.